The lowest BCUT2D eigenvalue weighted by Gasteiger charge is -2.11. The number of aromatic nitrogens is 1. The van der Waals surface area contributed by atoms with E-state index in [2.05, 4.69) is 10.3 Å². The molecule has 0 bridgehead atoms. The molecule has 2 heterocycles. The molecule has 1 aliphatic rings. The Balaban J connectivity index is 1.51. The number of nitrogens with one attached hydrogen (secondary N) is 1. The van der Waals surface area contributed by atoms with Gasteiger partial charge in [0.1, 0.15) is 11.3 Å². The van der Waals surface area contributed by atoms with Crippen molar-refractivity contribution >= 4 is 34.3 Å². The van der Waals surface area contributed by atoms with Gasteiger partial charge >= 0.3 is 0 Å². The molecule has 6 heteroatoms. The van der Waals surface area contributed by atoms with Gasteiger partial charge in [0.15, 0.2) is 17.6 Å². The monoisotopic (exact) mass is 328 g/mol. The minimum atomic E-state index is -0.557. The van der Waals surface area contributed by atoms with Gasteiger partial charge in [0.2, 0.25) is 0 Å². The topological polar surface area (TPSA) is 64.4 Å². The lowest BCUT2D eigenvalue weighted by Crippen LogP contribution is -2.31. The van der Waals surface area contributed by atoms with Gasteiger partial charge in [-0.2, -0.15) is 0 Å². The molecule has 1 aliphatic heterocycles. The summed E-state index contributed by atoms with van der Waals surface area (Å²) in [5, 5.41) is 3.50. The van der Waals surface area contributed by atoms with Crippen LogP contribution in [0.4, 0.5) is 5.69 Å². The van der Waals surface area contributed by atoms with Crippen LogP contribution in [0, 0.1) is 6.92 Å². The summed E-state index contributed by atoms with van der Waals surface area (Å²) in [6.07, 6.45) is -0.0502. The first kappa shape index (κ1) is 14.1. The van der Waals surface area contributed by atoms with Crippen molar-refractivity contribution in [1.82, 2.24) is 4.98 Å². The van der Waals surface area contributed by atoms with Crippen LogP contribution in [0.25, 0.3) is 11.1 Å². The van der Waals surface area contributed by atoms with Crippen molar-refractivity contribution in [3.05, 3.63) is 52.9 Å². The minimum absolute atomic E-state index is 0.197. The van der Waals surface area contributed by atoms with E-state index >= 15 is 0 Å². The number of nitrogens with zero attached hydrogens (tertiary/aromatic N) is 1. The van der Waals surface area contributed by atoms with Crippen LogP contribution in [0.1, 0.15) is 11.5 Å². The molecule has 0 saturated heterocycles. The third-order valence-electron chi connectivity index (χ3n) is 3.75. The Kier molecular flexibility index (Phi) is 3.23. The minimum Gasteiger partial charge on any atom is -0.480 e. The van der Waals surface area contributed by atoms with Gasteiger partial charge in [-0.1, -0.05) is 11.6 Å². The zero-order valence-corrected chi connectivity index (χ0v) is 13.1. The van der Waals surface area contributed by atoms with E-state index in [1.54, 1.807) is 37.3 Å². The van der Waals surface area contributed by atoms with E-state index in [0.717, 1.165) is 5.56 Å². The highest BCUT2D eigenvalue weighted by Gasteiger charge is 2.29. The number of benzene rings is 2. The van der Waals surface area contributed by atoms with Crippen LogP contribution in [-0.2, 0) is 11.2 Å². The fourth-order valence-electron chi connectivity index (χ4n) is 2.71. The molecule has 0 spiro atoms. The van der Waals surface area contributed by atoms with E-state index < -0.39 is 6.10 Å². The number of ether oxygens (including phenoxy) is 1. The quantitative estimate of drug-likeness (QED) is 0.778. The Morgan fingerprint density at radius 1 is 1.30 bits per heavy atom. The molecule has 0 fully saturated rings. The van der Waals surface area contributed by atoms with E-state index in [9.17, 15) is 4.79 Å². The Morgan fingerprint density at radius 3 is 3.04 bits per heavy atom. The predicted molar refractivity (Wildman–Crippen MR) is 86.9 cm³/mol. The molecule has 1 aromatic heterocycles. The van der Waals surface area contributed by atoms with Crippen LogP contribution in [0.15, 0.2) is 40.8 Å². The van der Waals surface area contributed by atoms with Crippen molar-refractivity contribution in [3.63, 3.8) is 0 Å². The Labute approximate surface area is 137 Å². The van der Waals surface area contributed by atoms with Crippen LogP contribution < -0.4 is 10.1 Å². The van der Waals surface area contributed by atoms with Gasteiger partial charge in [-0.25, -0.2) is 4.98 Å². The summed E-state index contributed by atoms with van der Waals surface area (Å²) in [5.41, 5.74) is 3.01. The first-order valence-corrected chi connectivity index (χ1v) is 7.59. The van der Waals surface area contributed by atoms with Crippen molar-refractivity contribution < 1.29 is 13.9 Å². The van der Waals surface area contributed by atoms with Gasteiger partial charge in [0, 0.05) is 24.1 Å². The Bertz CT molecular complexity index is 919. The molecular formula is C17H13ClN2O3. The maximum Gasteiger partial charge on any atom is 0.265 e. The molecule has 3 aromatic rings. The van der Waals surface area contributed by atoms with E-state index in [4.69, 9.17) is 20.8 Å². The summed E-state index contributed by atoms with van der Waals surface area (Å²) in [7, 11) is 0. The number of hydrogen-bond acceptors (Lipinski definition) is 4. The summed E-state index contributed by atoms with van der Waals surface area (Å²) in [6, 6.07) is 10.7. The van der Waals surface area contributed by atoms with Crippen LogP contribution in [0.2, 0.25) is 5.02 Å². The van der Waals surface area contributed by atoms with E-state index in [1.807, 2.05) is 6.07 Å². The molecule has 23 heavy (non-hydrogen) atoms. The Morgan fingerprint density at radius 2 is 2.17 bits per heavy atom. The van der Waals surface area contributed by atoms with Crippen molar-refractivity contribution in [1.29, 1.82) is 0 Å². The molecule has 0 radical (unpaired) electrons. The molecule has 0 saturated carbocycles. The summed E-state index contributed by atoms with van der Waals surface area (Å²) >= 11 is 5.97. The molecule has 1 amide bonds. The predicted octanol–water partition coefficient (Wildman–Crippen LogP) is 3.73. The molecule has 0 unspecified atom stereocenters. The normalized spacial score (nSPS) is 16.2. The zero-order valence-electron chi connectivity index (χ0n) is 12.3. The van der Waals surface area contributed by atoms with Gasteiger partial charge in [0.05, 0.1) is 0 Å². The fourth-order valence-corrected chi connectivity index (χ4v) is 2.90. The molecule has 2 aromatic carbocycles. The van der Waals surface area contributed by atoms with E-state index in [0.29, 0.717) is 39.9 Å². The van der Waals surface area contributed by atoms with E-state index in [-0.39, 0.29) is 5.91 Å². The van der Waals surface area contributed by atoms with Crippen molar-refractivity contribution in [2.45, 2.75) is 19.4 Å². The number of halogens is 1. The number of aryl methyl sites for hydroxylation is 1. The number of oxazole rings is 1. The standard InChI is InChI=1S/C17H13ClN2O3/c1-9-19-13-8-12(3-5-15(13)22-9)20-17(21)16-7-10-6-11(18)2-4-14(10)23-16/h2-6,8,16H,7H2,1H3,(H,20,21)/t16-/m0/s1. The molecule has 5 nitrogen and oxygen atoms in total. The number of carbonyl (C=O) groups excluding carboxylic acids is 1. The molecule has 1 N–H and O–H groups in total. The fraction of sp³-hybridized carbons (Fsp3) is 0.176. The molecule has 0 aliphatic carbocycles. The molecule has 116 valence electrons. The van der Waals surface area contributed by atoms with Gasteiger partial charge < -0.3 is 14.5 Å². The molecular weight excluding hydrogens is 316 g/mol. The average molecular weight is 329 g/mol. The maximum absolute atomic E-state index is 12.4. The van der Waals surface area contributed by atoms with Gasteiger partial charge in [-0.3, -0.25) is 4.79 Å². The highest BCUT2D eigenvalue weighted by atomic mass is 35.5. The number of anilines is 1. The zero-order chi connectivity index (χ0) is 16.0. The molecule has 1 atom stereocenters. The largest absolute Gasteiger partial charge is 0.480 e. The summed E-state index contributed by atoms with van der Waals surface area (Å²) < 4.78 is 11.1. The first-order valence-electron chi connectivity index (χ1n) is 7.21. The van der Waals surface area contributed by atoms with Crippen LogP contribution in [-0.4, -0.2) is 17.0 Å². The summed E-state index contributed by atoms with van der Waals surface area (Å²) in [6.45, 7) is 1.78. The smallest absolute Gasteiger partial charge is 0.265 e. The van der Waals surface area contributed by atoms with Gasteiger partial charge in [-0.15, -0.1) is 0 Å². The SMILES string of the molecule is Cc1nc2cc(NC(=O)[C@@H]3Cc4cc(Cl)ccc4O3)ccc2o1. The van der Waals surface area contributed by atoms with Gasteiger partial charge in [-0.05, 0) is 42.0 Å². The summed E-state index contributed by atoms with van der Waals surface area (Å²) in [5.74, 6) is 1.10. The lowest BCUT2D eigenvalue weighted by molar-refractivity contribution is -0.122. The number of amides is 1. The highest BCUT2D eigenvalue weighted by Crippen LogP contribution is 2.31. The van der Waals surface area contributed by atoms with Gasteiger partial charge in [0.25, 0.3) is 5.91 Å². The number of fused-ring (bicyclic) bond motifs is 2. The van der Waals surface area contributed by atoms with Crippen molar-refractivity contribution in [2.24, 2.45) is 0 Å². The van der Waals surface area contributed by atoms with Crippen molar-refractivity contribution in [3.8, 4) is 5.75 Å². The third-order valence-corrected chi connectivity index (χ3v) is 3.99. The second-order valence-corrected chi connectivity index (χ2v) is 5.90. The van der Waals surface area contributed by atoms with Crippen molar-refractivity contribution in [2.75, 3.05) is 5.32 Å². The Hall–Kier alpha value is -2.53. The number of carbonyl (C=O) groups is 1. The van der Waals surface area contributed by atoms with Crippen LogP contribution >= 0.6 is 11.6 Å². The lowest BCUT2D eigenvalue weighted by atomic mass is 10.1. The third kappa shape index (κ3) is 2.64. The molecule has 4 rings (SSSR count). The van der Waals surface area contributed by atoms with Crippen LogP contribution in [0.5, 0.6) is 5.75 Å². The number of rotatable bonds is 2. The van der Waals surface area contributed by atoms with E-state index in [1.165, 1.54) is 0 Å². The average Bonchev–Trinajstić information content (AvgIpc) is 3.08. The maximum atomic E-state index is 12.4. The number of hydrogen-bond donors (Lipinski definition) is 1. The second-order valence-electron chi connectivity index (χ2n) is 5.47. The second kappa shape index (κ2) is 5.28. The highest BCUT2D eigenvalue weighted by molar-refractivity contribution is 6.30. The van der Waals surface area contributed by atoms with Crippen LogP contribution in [0.3, 0.4) is 0 Å². The summed E-state index contributed by atoms with van der Waals surface area (Å²) in [4.78, 5) is 16.7. The first-order chi connectivity index (χ1) is 11.1.